The summed E-state index contributed by atoms with van der Waals surface area (Å²) in [5.41, 5.74) is 0.590. The van der Waals surface area contributed by atoms with Gasteiger partial charge in [-0.25, -0.2) is 13.2 Å². The maximum atomic E-state index is 12.3. The molecule has 2 saturated heterocycles. The van der Waals surface area contributed by atoms with E-state index in [0.29, 0.717) is 40.0 Å². The summed E-state index contributed by atoms with van der Waals surface area (Å²) in [7, 11) is -3.24. The number of carboxylic acids is 1. The van der Waals surface area contributed by atoms with Crippen molar-refractivity contribution >= 4 is 60.3 Å². The van der Waals surface area contributed by atoms with Crippen molar-refractivity contribution in [3.63, 3.8) is 0 Å². The third kappa shape index (κ3) is 5.74. The van der Waals surface area contributed by atoms with Crippen LogP contribution in [0.15, 0.2) is 21.6 Å². The summed E-state index contributed by atoms with van der Waals surface area (Å²) in [5, 5.41) is 8.69. The topological polar surface area (TPSA) is 132 Å². The SMILES string of the molecule is CCOc1cc(Br)c(N2C(=NC(=O)COCC(=O)O)S[C@@H]3CS(=O)(=O)C[C@@H]32)cc1OCC. The lowest BCUT2D eigenvalue weighted by atomic mass is 10.2. The van der Waals surface area contributed by atoms with Gasteiger partial charge in [-0.1, -0.05) is 11.8 Å². The normalized spacial score (nSPS) is 22.7. The predicted octanol–water partition coefficient (Wildman–Crippen LogP) is 1.95. The minimum Gasteiger partial charge on any atom is -0.490 e. The van der Waals surface area contributed by atoms with Crippen molar-refractivity contribution in [1.82, 2.24) is 0 Å². The van der Waals surface area contributed by atoms with Crippen LogP contribution in [0.5, 0.6) is 11.5 Å². The minimum atomic E-state index is -3.24. The number of amidine groups is 1. The van der Waals surface area contributed by atoms with Gasteiger partial charge in [-0.05, 0) is 29.8 Å². The van der Waals surface area contributed by atoms with Crippen LogP contribution in [0.4, 0.5) is 5.69 Å². The molecule has 0 unspecified atom stereocenters. The molecule has 0 radical (unpaired) electrons. The molecule has 1 aromatic rings. The molecule has 0 bridgehead atoms. The number of rotatable bonds is 9. The zero-order chi connectivity index (χ0) is 23.5. The molecule has 2 atom stereocenters. The summed E-state index contributed by atoms with van der Waals surface area (Å²) in [6.07, 6.45) is 0. The second-order valence-corrected chi connectivity index (χ2v) is 11.2. The van der Waals surface area contributed by atoms with Gasteiger partial charge in [0.05, 0.1) is 36.4 Å². The molecule has 1 N–H and O–H groups in total. The standard InChI is InChI=1S/C19H23BrN2O8S2/c1-3-29-14-5-11(20)12(6-15(14)30-4-2)22-13-9-32(26,27)10-16(13)31-19(22)21-17(23)7-28-8-18(24)25/h5-6,13,16H,3-4,7-10H2,1-2H3,(H,24,25)/t13-,16+/m0/s1. The van der Waals surface area contributed by atoms with Crippen molar-refractivity contribution < 1.29 is 37.3 Å². The lowest BCUT2D eigenvalue weighted by Gasteiger charge is -2.27. The zero-order valence-electron chi connectivity index (χ0n) is 17.4. The highest BCUT2D eigenvalue weighted by atomic mass is 79.9. The number of carbonyl (C=O) groups is 2. The van der Waals surface area contributed by atoms with E-state index in [9.17, 15) is 18.0 Å². The molecule has 0 spiro atoms. The summed E-state index contributed by atoms with van der Waals surface area (Å²) in [5.74, 6) is -0.926. The van der Waals surface area contributed by atoms with Gasteiger partial charge in [0.25, 0.3) is 5.91 Å². The van der Waals surface area contributed by atoms with Gasteiger partial charge >= 0.3 is 5.97 Å². The summed E-state index contributed by atoms with van der Waals surface area (Å²) in [6, 6.07) is 3.05. The number of aliphatic imine (C=N–C) groups is 1. The average molecular weight is 551 g/mol. The zero-order valence-corrected chi connectivity index (χ0v) is 20.7. The number of amides is 1. The Kier molecular flexibility index (Phi) is 8.06. The number of hydrogen-bond acceptors (Lipinski definition) is 8. The second kappa shape index (κ2) is 10.4. The number of nitrogens with zero attached hydrogens (tertiary/aromatic N) is 2. The molecule has 13 heteroatoms. The van der Waals surface area contributed by atoms with Gasteiger partial charge in [-0.15, -0.1) is 0 Å². The largest absolute Gasteiger partial charge is 0.490 e. The van der Waals surface area contributed by atoms with E-state index in [1.165, 1.54) is 11.8 Å². The summed E-state index contributed by atoms with van der Waals surface area (Å²) in [4.78, 5) is 28.7. The Labute approximate surface area is 198 Å². The summed E-state index contributed by atoms with van der Waals surface area (Å²) in [6.45, 7) is 3.42. The molecule has 176 valence electrons. The molecule has 3 rings (SSSR count). The summed E-state index contributed by atoms with van der Waals surface area (Å²) >= 11 is 4.73. The number of halogens is 1. The smallest absolute Gasteiger partial charge is 0.329 e. The van der Waals surface area contributed by atoms with E-state index in [1.807, 2.05) is 13.8 Å². The first-order valence-electron chi connectivity index (χ1n) is 9.81. The van der Waals surface area contributed by atoms with Gasteiger partial charge in [0.15, 0.2) is 26.5 Å². The highest BCUT2D eigenvalue weighted by Gasteiger charge is 2.50. The molecule has 1 amide bonds. The Hall–Kier alpha value is -1.83. The monoisotopic (exact) mass is 550 g/mol. The molecule has 2 fully saturated rings. The van der Waals surface area contributed by atoms with Gasteiger partial charge in [-0.3, -0.25) is 4.79 Å². The van der Waals surface area contributed by atoms with Crippen molar-refractivity contribution in [3.05, 3.63) is 16.6 Å². The number of carbonyl (C=O) groups excluding carboxylic acids is 1. The Morgan fingerprint density at radius 1 is 1.19 bits per heavy atom. The number of ether oxygens (including phenoxy) is 3. The van der Waals surface area contributed by atoms with Crippen molar-refractivity contribution in [2.75, 3.05) is 42.8 Å². The molecule has 0 saturated carbocycles. The van der Waals surface area contributed by atoms with Crippen molar-refractivity contribution in [1.29, 1.82) is 0 Å². The Bertz CT molecular complexity index is 1030. The molecule has 2 heterocycles. The molecule has 0 aliphatic carbocycles. The number of hydrogen-bond donors (Lipinski definition) is 1. The Morgan fingerprint density at radius 3 is 2.47 bits per heavy atom. The molecule has 10 nitrogen and oxygen atoms in total. The predicted molar refractivity (Wildman–Crippen MR) is 124 cm³/mol. The molecule has 1 aromatic carbocycles. The van der Waals surface area contributed by atoms with Crippen LogP contribution in [-0.4, -0.2) is 79.8 Å². The lowest BCUT2D eigenvalue weighted by Crippen LogP contribution is -2.38. The van der Waals surface area contributed by atoms with E-state index in [-0.39, 0.29) is 16.8 Å². The minimum absolute atomic E-state index is 0.0193. The third-order valence-corrected chi connectivity index (χ3v) is 8.46. The van der Waals surface area contributed by atoms with Gasteiger partial charge in [-0.2, -0.15) is 4.99 Å². The van der Waals surface area contributed by atoms with Crippen LogP contribution in [0.3, 0.4) is 0 Å². The van der Waals surface area contributed by atoms with Crippen LogP contribution in [-0.2, 0) is 24.2 Å². The lowest BCUT2D eigenvalue weighted by molar-refractivity contribution is -0.143. The van der Waals surface area contributed by atoms with Crippen LogP contribution in [0.1, 0.15) is 13.8 Å². The fourth-order valence-corrected chi connectivity index (χ4v) is 7.89. The van der Waals surface area contributed by atoms with Crippen LogP contribution in [0, 0.1) is 0 Å². The average Bonchev–Trinajstić information content (AvgIpc) is 3.15. The fraction of sp³-hybridized carbons (Fsp3) is 0.526. The van der Waals surface area contributed by atoms with E-state index in [1.54, 1.807) is 17.0 Å². The Balaban J connectivity index is 1.98. The highest BCUT2D eigenvalue weighted by molar-refractivity contribution is 9.10. The van der Waals surface area contributed by atoms with E-state index in [2.05, 4.69) is 20.9 Å². The molecular formula is C19H23BrN2O8S2. The second-order valence-electron chi connectivity index (χ2n) is 6.96. The van der Waals surface area contributed by atoms with Crippen molar-refractivity contribution in [2.24, 2.45) is 4.99 Å². The molecule has 32 heavy (non-hydrogen) atoms. The number of fused-ring (bicyclic) bond motifs is 1. The van der Waals surface area contributed by atoms with E-state index in [4.69, 9.17) is 19.3 Å². The molecule has 0 aromatic heterocycles. The first-order valence-corrected chi connectivity index (χ1v) is 13.3. The number of aliphatic carboxylic acids is 1. The highest BCUT2D eigenvalue weighted by Crippen LogP contribution is 2.46. The van der Waals surface area contributed by atoms with Gasteiger partial charge in [0.1, 0.15) is 13.2 Å². The first kappa shape index (κ1) is 24.8. The van der Waals surface area contributed by atoms with Crippen molar-refractivity contribution in [2.45, 2.75) is 25.1 Å². The number of anilines is 1. The van der Waals surface area contributed by atoms with Gasteiger partial charge in [0, 0.05) is 21.9 Å². The molecule has 2 aliphatic rings. The van der Waals surface area contributed by atoms with Gasteiger partial charge < -0.3 is 24.2 Å². The van der Waals surface area contributed by atoms with E-state index >= 15 is 0 Å². The summed E-state index contributed by atoms with van der Waals surface area (Å²) < 4.78 is 41.3. The number of thioether (sulfide) groups is 1. The first-order chi connectivity index (χ1) is 15.1. The van der Waals surface area contributed by atoms with Crippen LogP contribution in [0.2, 0.25) is 0 Å². The van der Waals surface area contributed by atoms with Crippen molar-refractivity contribution in [3.8, 4) is 11.5 Å². The van der Waals surface area contributed by atoms with Gasteiger partial charge in [0.2, 0.25) is 0 Å². The number of benzene rings is 1. The maximum absolute atomic E-state index is 12.3. The molecular weight excluding hydrogens is 528 g/mol. The maximum Gasteiger partial charge on any atom is 0.329 e. The fourth-order valence-electron chi connectivity index (χ4n) is 3.46. The van der Waals surface area contributed by atoms with Crippen LogP contribution in [0.25, 0.3) is 0 Å². The Morgan fingerprint density at radius 2 is 1.84 bits per heavy atom. The van der Waals surface area contributed by atoms with E-state index < -0.39 is 41.0 Å². The quantitative estimate of drug-likeness (QED) is 0.486. The number of sulfone groups is 1. The van der Waals surface area contributed by atoms with Crippen LogP contribution < -0.4 is 14.4 Å². The third-order valence-electron chi connectivity index (χ3n) is 4.61. The van der Waals surface area contributed by atoms with Crippen LogP contribution >= 0.6 is 27.7 Å². The van der Waals surface area contributed by atoms with E-state index in [0.717, 1.165) is 0 Å². The molecule has 2 aliphatic heterocycles. The number of carboxylic acid groups (broad SMARTS) is 1.